The van der Waals surface area contributed by atoms with Gasteiger partial charge in [-0.25, -0.2) is 0 Å². The molecule has 0 bridgehead atoms. The monoisotopic (exact) mass is 223 g/mol. The molecule has 0 unspecified atom stereocenters. The Balaban J connectivity index is 0.00000106. The van der Waals surface area contributed by atoms with Gasteiger partial charge in [-0.2, -0.15) is 0 Å². The Morgan fingerprint density at radius 3 is 2.25 bits per heavy atom. The lowest BCUT2D eigenvalue weighted by molar-refractivity contribution is -0.116. The van der Waals surface area contributed by atoms with E-state index in [1.807, 2.05) is 45.0 Å². The number of methoxy groups -OCH3 is 1. The van der Waals surface area contributed by atoms with Gasteiger partial charge in [-0.05, 0) is 30.7 Å². The number of hydrogen-bond acceptors (Lipinski definition) is 2. The largest absolute Gasteiger partial charge is 0.497 e. The standard InChI is InChI=1S/C11H15NO2.C2H6/c1-3-4-11(13)12-9-5-7-10(14-2)8-6-9;1-2/h5-8H,3-4H2,1-2H3,(H,12,13);1-2H3. The molecule has 0 heterocycles. The van der Waals surface area contributed by atoms with Gasteiger partial charge in [0.05, 0.1) is 7.11 Å². The summed E-state index contributed by atoms with van der Waals surface area (Å²) in [6.45, 7) is 5.98. The molecule has 0 aliphatic carbocycles. The van der Waals surface area contributed by atoms with Crippen LogP contribution in [0.25, 0.3) is 0 Å². The van der Waals surface area contributed by atoms with E-state index >= 15 is 0 Å². The lowest BCUT2D eigenvalue weighted by Gasteiger charge is -2.04. The van der Waals surface area contributed by atoms with E-state index in [0.29, 0.717) is 6.42 Å². The number of hydrogen-bond donors (Lipinski definition) is 1. The fourth-order valence-electron chi connectivity index (χ4n) is 1.12. The van der Waals surface area contributed by atoms with Crippen LogP contribution >= 0.6 is 0 Å². The molecule has 3 heteroatoms. The van der Waals surface area contributed by atoms with Gasteiger partial charge in [0.2, 0.25) is 5.91 Å². The molecule has 0 fully saturated rings. The summed E-state index contributed by atoms with van der Waals surface area (Å²) in [4.78, 5) is 11.2. The minimum atomic E-state index is 0.0534. The van der Waals surface area contributed by atoms with Crippen molar-refractivity contribution >= 4 is 11.6 Å². The van der Waals surface area contributed by atoms with Crippen LogP contribution in [0.4, 0.5) is 5.69 Å². The van der Waals surface area contributed by atoms with E-state index in [1.54, 1.807) is 7.11 Å². The summed E-state index contributed by atoms with van der Waals surface area (Å²) >= 11 is 0. The van der Waals surface area contributed by atoms with Crippen LogP contribution in [-0.4, -0.2) is 13.0 Å². The average Bonchev–Trinajstić information content (AvgIpc) is 2.33. The maximum Gasteiger partial charge on any atom is 0.224 e. The molecule has 1 rings (SSSR count). The predicted octanol–water partition coefficient (Wildman–Crippen LogP) is 3.46. The number of nitrogens with one attached hydrogen (secondary N) is 1. The highest BCUT2D eigenvalue weighted by molar-refractivity contribution is 5.90. The Morgan fingerprint density at radius 2 is 1.81 bits per heavy atom. The van der Waals surface area contributed by atoms with Gasteiger partial charge in [-0.15, -0.1) is 0 Å². The maximum atomic E-state index is 11.2. The lowest BCUT2D eigenvalue weighted by Crippen LogP contribution is -2.10. The summed E-state index contributed by atoms with van der Waals surface area (Å²) in [5.74, 6) is 0.844. The van der Waals surface area contributed by atoms with Crippen molar-refractivity contribution in [2.45, 2.75) is 33.6 Å². The van der Waals surface area contributed by atoms with E-state index in [4.69, 9.17) is 4.74 Å². The Kier molecular flexibility index (Phi) is 7.94. The third kappa shape index (κ3) is 5.39. The zero-order valence-electron chi connectivity index (χ0n) is 10.5. The molecule has 3 nitrogen and oxygen atoms in total. The summed E-state index contributed by atoms with van der Waals surface area (Å²) in [6, 6.07) is 7.29. The van der Waals surface area contributed by atoms with Crippen LogP contribution in [0.2, 0.25) is 0 Å². The van der Waals surface area contributed by atoms with E-state index < -0.39 is 0 Å². The molecule has 1 N–H and O–H groups in total. The van der Waals surface area contributed by atoms with Gasteiger partial charge < -0.3 is 10.1 Å². The highest BCUT2D eigenvalue weighted by Gasteiger charge is 1.99. The zero-order chi connectivity index (χ0) is 12.4. The second kappa shape index (κ2) is 8.77. The number of benzene rings is 1. The van der Waals surface area contributed by atoms with Crippen LogP contribution in [0, 0.1) is 0 Å². The fraction of sp³-hybridized carbons (Fsp3) is 0.462. The molecule has 0 spiro atoms. The van der Waals surface area contributed by atoms with Gasteiger partial charge >= 0.3 is 0 Å². The SMILES string of the molecule is CC.CCCC(=O)Nc1ccc(OC)cc1. The van der Waals surface area contributed by atoms with Crippen molar-refractivity contribution in [3.8, 4) is 5.75 Å². The van der Waals surface area contributed by atoms with Crippen molar-refractivity contribution in [2.75, 3.05) is 12.4 Å². The molecule has 0 aliphatic rings. The minimum Gasteiger partial charge on any atom is -0.497 e. The van der Waals surface area contributed by atoms with Crippen LogP contribution in [0.3, 0.4) is 0 Å². The Hall–Kier alpha value is -1.51. The van der Waals surface area contributed by atoms with E-state index in [9.17, 15) is 4.79 Å². The van der Waals surface area contributed by atoms with E-state index in [2.05, 4.69) is 5.32 Å². The number of ether oxygens (including phenoxy) is 1. The summed E-state index contributed by atoms with van der Waals surface area (Å²) in [5, 5.41) is 2.80. The van der Waals surface area contributed by atoms with E-state index in [-0.39, 0.29) is 5.91 Å². The Labute approximate surface area is 97.8 Å². The molecule has 0 aliphatic heterocycles. The molecule has 1 aromatic rings. The van der Waals surface area contributed by atoms with Gasteiger partial charge in [0.15, 0.2) is 0 Å². The summed E-state index contributed by atoms with van der Waals surface area (Å²) in [6.07, 6.45) is 1.42. The smallest absolute Gasteiger partial charge is 0.224 e. The number of anilines is 1. The molecular weight excluding hydrogens is 202 g/mol. The molecule has 1 amide bonds. The van der Waals surface area contributed by atoms with Crippen molar-refractivity contribution in [3.63, 3.8) is 0 Å². The van der Waals surface area contributed by atoms with Gasteiger partial charge in [0.1, 0.15) is 5.75 Å². The van der Waals surface area contributed by atoms with Crippen molar-refractivity contribution in [1.29, 1.82) is 0 Å². The quantitative estimate of drug-likeness (QED) is 0.848. The van der Waals surface area contributed by atoms with Crippen LogP contribution < -0.4 is 10.1 Å². The normalized spacial score (nSPS) is 8.75. The summed E-state index contributed by atoms with van der Waals surface area (Å²) in [7, 11) is 1.62. The highest BCUT2D eigenvalue weighted by atomic mass is 16.5. The average molecular weight is 223 g/mol. The fourth-order valence-corrected chi connectivity index (χ4v) is 1.12. The lowest BCUT2D eigenvalue weighted by atomic mass is 10.2. The molecule has 90 valence electrons. The third-order valence-corrected chi connectivity index (χ3v) is 1.85. The molecule has 1 aromatic carbocycles. The number of rotatable bonds is 4. The minimum absolute atomic E-state index is 0.0534. The van der Waals surface area contributed by atoms with Gasteiger partial charge in [0, 0.05) is 12.1 Å². The van der Waals surface area contributed by atoms with Crippen molar-refractivity contribution < 1.29 is 9.53 Å². The van der Waals surface area contributed by atoms with Crippen molar-refractivity contribution in [2.24, 2.45) is 0 Å². The molecular formula is C13H21NO2. The first-order valence-electron chi connectivity index (χ1n) is 5.70. The van der Waals surface area contributed by atoms with Gasteiger partial charge in [-0.1, -0.05) is 20.8 Å². The second-order valence-electron chi connectivity index (χ2n) is 3.03. The Bertz CT molecular complexity index is 293. The number of carbonyl (C=O) groups excluding carboxylic acids is 1. The second-order valence-corrected chi connectivity index (χ2v) is 3.03. The first-order valence-corrected chi connectivity index (χ1v) is 5.70. The highest BCUT2D eigenvalue weighted by Crippen LogP contribution is 2.15. The Morgan fingerprint density at radius 1 is 1.25 bits per heavy atom. The van der Waals surface area contributed by atoms with Crippen LogP contribution in [0.1, 0.15) is 33.6 Å². The third-order valence-electron chi connectivity index (χ3n) is 1.85. The maximum absolute atomic E-state index is 11.2. The van der Waals surface area contributed by atoms with Crippen LogP contribution in [0.5, 0.6) is 5.75 Å². The van der Waals surface area contributed by atoms with Crippen molar-refractivity contribution in [3.05, 3.63) is 24.3 Å². The number of carbonyl (C=O) groups is 1. The topological polar surface area (TPSA) is 38.3 Å². The van der Waals surface area contributed by atoms with Crippen LogP contribution in [-0.2, 0) is 4.79 Å². The van der Waals surface area contributed by atoms with E-state index in [0.717, 1.165) is 17.9 Å². The molecule has 0 saturated heterocycles. The van der Waals surface area contributed by atoms with E-state index in [1.165, 1.54) is 0 Å². The van der Waals surface area contributed by atoms with Gasteiger partial charge in [-0.3, -0.25) is 4.79 Å². The van der Waals surface area contributed by atoms with Crippen molar-refractivity contribution in [1.82, 2.24) is 0 Å². The molecule has 0 aromatic heterocycles. The molecule has 0 saturated carbocycles. The van der Waals surface area contributed by atoms with Gasteiger partial charge in [0.25, 0.3) is 0 Å². The van der Waals surface area contributed by atoms with Crippen LogP contribution in [0.15, 0.2) is 24.3 Å². The summed E-state index contributed by atoms with van der Waals surface area (Å²) in [5.41, 5.74) is 0.809. The predicted molar refractivity (Wildman–Crippen MR) is 67.9 cm³/mol. The molecule has 0 atom stereocenters. The molecule has 0 radical (unpaired) electrons. The molecule has 16 heavy (non-hydrogen) atoms. The number of amides is 1. The zero-order valence-corrected chi connectivity index (χ0v) is 10.5. The summed E-state index contributed by atoms with van der Waals surface area (Å²) < 4.78 is 5.01. The first-order chi connectivity index (χ1) is 7.76. The first kappa shape index (κ1) is 14.5.